The van der Waals surface area contributed by atoms with Crippen molar-refractivity contribution in [2.75, 3.05) is 11.1 Å². The Kier molecular flexibility index (Phi) is 5.86. The normalized spacial score (nSPS) is 10.8. The number of aromatic nitrogens is 3. The second-order valence-corrected chi connectivity index (χ2v) is 7.34. The molecule has 3 rings (SSSR count). The van der Waals surface area contributed by atoms with E-state index in [-0.39, 0.29) is 11.7 Å². The van der Waals surface area contributed by atoms with Crippen LogP contribution >= 0.6 is 35.0 Å². The van der Waals surface area contributed by atoms with Crippen LogP contribution in [0.15, 0.2) is 47.6 Å². The summed E-state index contributed by atoms with van der Waals surface area (Å²) < 4.78 is 1.94. The number of carbonyl (C=O) groups excluding carboxylic acids is 1. The average molecular weight is 407 g/mol. The lowest BCUT2D eigenvalue weighted by atomic mass is 10.2. The van der Waals surface area contributed by atoms with Crippen LogP contribution in [0.5, 0.6) is 0 Å². The number of halogens is 2. The van der Waals surface area contributed by atoms with Gasteiger partial charge in [0.1, 0.15) is 5.82 Å². The highest BCUT2D eigenvalue weighted by Crippen LogP contribution is 2.30. The summed E-state index contributed by atoms with van der Waals surface area (Å²) in [5.41, 5.74) is 2.51. The third-order valence-electron chi connectivity index (χ3n) is 3.71. The highest BCUT2D eigenvalue weighted by Gasteiger charge is 2.16. The van der Waals surface area contributed by atoms with Crippen molar-refractivity contribution < 1.29 is 4.79 Å². The Morgan fingerprint density at radius 1 is 1.08 bits per heavy atom. The van der Waals surface area contributed by atoms with Gasteiger partial charge in [-0.3, -0.25) is 9.36 Å². The lowest BCUT2D eigenvalue weighted by molar-refractivity contribution is -0.113. The molecule has 0 atom stereocenters. The predicted octanol–water partition coefficient (Wildman–Crippen LogP) is 4.92. The molecule has 0 bridgehead atoms. The fourth-order valence-electron chi connectivity index (χ4n) is 2.45. The number of hydrogen-bond acceptors (Lipinski definition) is 4. The maximum absolute atomic E-state index is 12.3. The molecule has 0 aliphatic heterocycles. The molecule has 0 fully saturated rings. The molecule has 0 saturated heterocycles. The van der Waals surface area contributed by atoms with E-state index in [1.165, 1.54) is 11.8 Å². The summed E-state index contributed by atoms with van der Waals surface area (Å²) in [5.74, 6) is 0.698. The van der Waals surface area contributed by atoms with Gasteiger partial charge < -0.3 is 5.32 Å². The van der Waals surface area contributed by atoms with Gasteiger partial charge in [-0.1, -0.05) is 59.2 Å². The molecule has 0 saturated carbocycles. The molecule has 0 unspecified atom stereocenters. The second kappa shape index (κ2) is 8.12. The molecule has 2 aromatic carbocycles. The van der Waals surface area contributed by atoms with Crippen molar-refractivity contribution in [3.8, 4) is 5.69 Å². The number of carbonyl (C=O) groups is 1. The lowest BCUT2D eigenvalue weighted by Crippen LogP contribution is -2.15. The smallest absolute Gasteiger partial charge is 0.234 e. The van der Waals surface area contributed by atoms with E-state index in [2.05, 4.69) is 15.5 Å². The summed E-state index contributed by atoms with van der Waals surface area (Å²) >= 11 is 13.5. The van der Waals surface area contributed by atoms with Crippen molar-refractivity contribution in [2.24, 2.45) is 0 Å². The molecule has 0 spiro atoms. The topological polar surface area (TPSA) is 59.8 Å². The minimum absolute atomic E-state index is 0.158. The van der Waals surface area contributed by atoms with Crippen molar-refractivity contribution in [3.63, 3.8) is 0 Å². The molecule has 26 heavy (non-hydrogen) atoms. The molecule has 1 heterocycles. The third kappa shape index (κ3) is 4.03. The number of amides is 1. The highest BCUT2D eigenvalue weighted by atomic mass is 35.5. The molecule has 134 valence electrons. The van der Waals surface area contributed by atoms with Gasteiger partial charge in [0.25, 0.3) is 0 Å². The molecule has 1 aromatic heterocycles. The largest absolute Gasteiger partial charge is 0.323 e. The Hall–Kier alpha value is -2.02. The highest BCUT2D eigenvalue weighted by molar-refractivity contribution is 7.99. The molecular weight excluding hydrogens is 391 g/mol. The molecule has 1 N–H and O–H groups in total. The summed E-state index contributed by atoms with van der Waals surface area (Å²) in [7, 11) is 0. The van der Waals surface area contributed by atoms with E-state index in [1.807, 2.05) is 42.7 Å². The van der Waals surface area contributed by atoms with Gasteiger partial charge in [-0.2, -0.15) is 0 Å². The van der Waals surface area contributed by atoms with E-state index >= 15 is 0 Å². The van der Waals surface area contributed by atoms with E-state index in [1.54, 1.807) is 18.2 Å². The molecule has 5 nitrogen and oxygen atoms in total. The SMILES string of the molecule is Cc1ccccc1-n1c(C)nnc1SCC(=O)Nc1c(Cl)cccc1Cl. The maximum atomic E-state index is 12.3. The Bertz CT molecular complexity index is 938. The number of anilines is 1. The minimum Gasteiger partial charge on any atom is -0.323 e. The number of para-hydroxylation sites is 2. The number of hydrogen-bond donors (Lipinski definition) is 1. The summed E-state index contributed by atoms with van der Waals surface area (Å²) in [6.45, 7) is 3.91. The Labute approximate surface area is 165 Å². The zero-order chi connectivity index (χ0) is 18.7. The first-order valence-corrected chi connectivity index (χ1v) is 9.56. The van der Waals surface area contributed by atoms with Crippen LogP contribution in [-0.4, -0.2) is 26.4 Å². The summed E-state index contributed by atoms with van der Waals surface area (Å²) in [6, 6.07) is 13.0. The van der Waals surface area contributed by atoms with Crippen LogP contribution in [-0.2, 0) is 4.79 Å². The van der Waals surface area contributed by atoms with Gasteiger partial charge in [-0.05, 0) is 37.6 Å². The Morgan fingerprint density at radius 3 is 2.46 bits per heavy atom. The second-order valence-electron chi connectivity index (χ2n) is 5.59. The molecular formula is C18H16Cl2N4OS. The van der Waals surface area contributed by atoms with Gasteiger partial charge in [0.2, 0.25) is 5.91 Å². The first kappa shape index (κ1) is 18.8. The fourth-order valence-corrected chi connectivity index (χ4v) is 3.73. The number of benzene rings is 2. The predicted molar refractivity (Wildman–Crippen MR) is 107 cm³/mol. The van der Waals surface area contributed by atoms with Gasteiger partial charge in [0, 0.05) is 0 Å². The monoisotopic (exact) mass is 406 g/mol. The van der Waals surface area contributed by atoms with Gasteiger partial charge >= 0.3 is 0 Å². The standard InChI is InChI=1S/C18H16Cl2N4OS/c1-11-6-3-4-9-15(11)24-12(2)22-23-18(24)26-10-16(25)21-17-13(19)7-5-8-14(17)20/h3-9H,10H2,1-2H3,(H,21,25). The number of rotatable bonds is 5. The van der Waals surface area contributed by atoms with Gasteiger partial charge in [-0.25, -0.2) is 0 Å². The zero-order valence-corrected chi connectivity index (χ0v) is 16.5. The van der Waals surface area contributed by atoms with Crippen molar-refractivity contribution in [1.29, 1.82) is 0 Å². The number of nitrogens with zero attached hydrogens (tertiary/aromatic N) is 3. The Balaban J connectivity index is 1.75. The summed E-state index contributed by atoms with van der Waals surface area (Å²) in [6.07, 6.45) is 0. The Morgan fingerprint density at radius 2 is 1.77 bits per heavy atom. The first-order valence-electron chi connectivity index (χ1n) is 7.82. The minimum atomic E-state index is -0.220. The number of thioether (sulfide) groups is 1. The number of nitrogens with one attached hydrogen (secondary N) is 1. The number of aryl methyl sites for hydroxylation is 2. The van der Waals surface area contributed by atoms with E-state index in [4.69, 9.17) is 23.2 Å². The summed E-state index contributed by atoms with van der Waals surface area (Å²) in [5, 5.41) is 12.5. The zero-order valence-electron chi connectivity index (χ0n) is 14.2. The first-order chi connectivity index (χ1) is 12.5. The van der Waals surface area contributed by atoms with Gasteiger partial charge in [0.05, 0.1) is 27.2 Å². The molecule has 0 aliphatic carbocycles. The molecule has 3 aromatic rings. The van der Waals surface area contributed by atoms with Crippen LogP contribution in [0, 0.1) is 13.8 Å². The van der Waals surface area contributed by atoms with Crippen LogP contribution in [0.3, 0.4) is 0 Å². The summed E-state index contributed by atoms with van der Waals surface area (Å²) in [4.78, 5) is 12.3. The van der Waals surface area contributed by atoms with Gasteiger partial charge in [-0.15, -0.1) is 10.2 Å². The van der Waals surface area contributed by atoms with E-state index in [9.17, 15) is 4.79 Å². The third-order valence-corrected chi connectivity index (χ3v) is 5.27. The van der Waals surface area contributed by atoms with E-state index < -0.39 is 0 Å². The van der Waals surface area contributed by atoms with Crippen LogP contribution in [0.2, 0.25) is 10.0 Å². The van der Waals surface area contributed by atoms with Crippen LogP contribution in [0.25, 0.3) is 5.69 Å². The average Bonchev–Trinajstić information content (AvgIpc) is 2.97. The van der Waals surface area contributed by atoms with E-state index in [0.717, 1.165) is 17.1 Å². The molecule has 1 amide bonds. The molecule has 8 heteroatoms. The van der Waals surface area contributed by atoms with Crippen molar-refractivity contribution in [1.82, 2.24) is 14.8 Å². The van der Waals surface area contributed by atoms with Crippen LogP contribution in [0.1, 0.15) is 11.4 Å². The van der Waals surface area contributed by atoms with E-state index in [0.29, 0.717) is 20.9 Å². The molecule has 0 radical (unpaired) electrons. The fraction of sp³-hybridized carbons (Fsp3) is 0.167. The van der Waals surface area contributed by atoms with Crippen molar-refractivity contribution >= 4 is 46.6 Å². The van der Waals surface area contributed by atoms with Gasteiger partial charge in [0.15, 0.2) is 5.16 Å². The van der Waals surface area contributed by atoms with Crippen LogP contribution < -0.4 is 5.32 Å². The molecule has 0 aliphatic rings. The van der Waals surface area contributed by atoms with Crippen molar-refractivity contribution in [2.45, 2.75) is 19.0 Å². The maximum Gasteiger partial charge on any atom is 0.234 e. The lowest BCUT2D eigenvalue weighted by Gasteiger charge is -2.11. The van der Waals surface area contributed by atoms with Crippen molar-refractivity contribution in [3.05, 3.63) is 63.9 Å². The van der Waals surface area contributed by atoms with Crippen LogP contribution in [0.4, 0.5) is 5.69 Å². The quantitative estimate of drug-likeness (QED) is 0.610.